The second kappa shape index (κ2) is 5.36. The van der Waals surface area contributed by atoms with E-state index in [0.29, 0.717) is 0 Å². The van der Waals surface area contributed by atoms with E-state index < -0.39 is 0 Å². The Hall–Kier alpha value is -0.390. The molecule has 3 nitrogen and oxygen atoms in total. The summed E-state index contributed by atoms with van der Waals surface area (Å²) in [7, 11) is 0. The average molecular weight is 291 g/mol. The quantitative estimate of drug-likeness (QED) is 0.866. The van der Waals surface area contributed by atoms with Crippen LogP contribution < -0.4 is 5.32 Å². The van der Waals surface area contributed by atoms with Crippen molar-refractivity contribution in [2.24, 2.45) is 0 Å². The van der Waals surface area contributed by atoms with E-state index in [0.717, 1.165) is 34.6 Å². The smallest absolute Gasteiger partial charge is 0.143 e. The molecule has 1 aromatic heterocycles. The number of aromatic nitrogens is 2. The molecular weight excluding hydrogens is 277 g/mol. The molecule has 72 valence electrons. The molecule has 0 radical (unpaired) electrons. The van der Waals surface area contributed by atoms with Crippen LogP contribution in [0, 0.1) is 3.57 Å². The lowest BCUT2D eigenvalue weighted by atomic mass is 10.4. The predicted molar refractivity (Wildman–Crippen MR) is 62.9 cm³/mol. The van der Waals surface area contributed by atoms with Crippen LogP contribution in [0.3, 0.4) is 0 Å². The molecule has 0 bridgehead atoms. The van der Waals surface area contributed by atoms with E-state index in [1.807, 2.05) is 6.20 Å². The molecule has 1 heterocycles. The second-order valence-corrected chi connectivity index (χ2v) is 3.93. The molecule has 1 aromatic rings. The topological polar surface area (TPSA) is 37.8 Å². The standard InChI is InChI=1S/C9H14IN3/c1-3-5-11-9-7(10)6-12-8(4-2)13-9/h6H,3-5H2,1-2H3,(H,11,12,13). The highest BCUT2D eigenvalue weighted by molar-refractivity contribution is 14.1. The Balaban J connectivity index is 2.78. The molecule has 0 unspecified atom stereocenters. The van der Waals surface area contributed by atoms with Crippen LogP contribution in [0.1, 0.15) is 26.1 Å². The van der Waals surface area contributed by atoms with Crippen LogP contribution in [0.5, 0.6) is 0 Å². The van der Waals surface area contributed by atoms with Crippen molar-refractivity contribution in [3.63, 3.8) is 0 Å². The molecule has 1 rings (SSSR count). The van der Waals surface area contributed by atoms with Crippen molar-refractivity contribution >= 4 is 28.4 Å². The molecular formula is C9H14IN3. The van der Waals surface area contributed by atoms with Gasteiger partial charge < -0.3 is 5.32 Å². The molecule has 13 heavy (non-hydrogen) atoms. The van der Waals surface area contributed by atoms with Crippen molar-refractivity contribution < 1.29 is 0 Å². The summed E-state index contributed by atoms with van der Waals surface area (Å²) in [6, 6.07) is 0. The lowest BCUT2D eigenvalue weighted by Crippen LogP contribution is -2.06. The fraction of sp³-hybridized carbons (Fsp3) is 0.556. The number of hydrogen-bond acceptors (Lipinski definition) is 3. The summed E-state index contributed by atoms with van der Waals surface area (Å²) in [4.78, 5) is 8.61. The zero-order valence-electron chi connectivity index (χ0n) is 7.97. The van der Waals surface area contributed by atoms with Gasteiger partial charge in [-0.3, -0.25) is 0 Å². The number of aryl methyl sites for hydroxylation is 1. The molecule has 0 spiro atoms. The highest BCUT2D eigenvalue weighted by Crippen LogP contribution is 2.13. The molecule has 0 aromatic carbocycles. The lowest BCUT2D eigenvalue weighted by molar-refractivity contribution is 0.911. The van der Waals surface area contributed by atoms with Gasteiger partial charge in [0.2, 0.25) is 0 Å². The fourth-order valence-electron chi connectivity index (χ4n) is 0.941. The normalized spacial score (nSPS) is 10.1. The Morgan fingerprint density at radius 3 is 2.85 bits per heavy atom. The highest BCUT2D eigenvalue weighted by atomic mass is 127. The second-order valence-electron chi connectivity index (χ2n) is 2.76. The van der Waals surface area contributed by atoms with Crippen molar-refractivity contribution in [1.82, 2.24) is 9.97 Å². The number of rotatable bonds is 4. The molecule has 0 saturated heterocycles. The van der Waals surface area contributed by atoms with Gasteiger partial charge in [0.15, 0.2) is 0 Å². The summed E-state index contributed by atoms with van der Waals surface area (Å²) in [5.41, 5.74) is 0. The van der Waals surface area contributed by atoms with Crippen LogP contribution in [-0.2, 0) is 6.42 Å². The monoisotopic (exact) mass is 291 g/mol. The van der Waals surface area contributed by atoms with Gasteiger partial charge in [-0.1, -0.05) is 13.8 Å². The molecule has 1 N–H and O–H groups in total. The van der Waals surface area contributed by atoms with Crippen molar-refractivity contribution in [2.45, 2.75) is 26.7 Å². The Bertz CT molecular complexity index is 276. The zero-order chi connectivity index (χ0) is 9.68. The number of hydrogen-bond donors (Lipinski definition) is 1. The molecule has 4 heteroatoms. The van der Waals surface area contributed by atoms with Gasteiger partial charge in [0, 0.05) is 19.2 Å². The van der Waals surface area contributed by atoms with Gasteiger partial charge in [0.05, 0.1) is 3.57 Å². The van der Waals surface area contributed by atoms with E-state index >= 15 is 0 Å². The van der Waals surface area contributed by atoms with Crippen LogP contribution in [-0.4, -0.2) is 16.5 Å². The third kappa shape index (κ3) is 3.10. The van der Waals surface area contributed by atoms with Crippen LogP contribution in [0.2, 0.25) is 0 Å². The first-order chi connectivity index (χ1) is 6.27. The molecule has 0 amide bonds. The van der Waals surface area contributed by atoms with Crippen molar-refractivity contribution in [3.8, 4) is 0 Å². The average Bonchev–Trinajstić information content (AvgIpc) is 2.17. The summed E-state index contributed by atoms with van der Waals surface area (Å²) in [5.74, 6) is 1.87. The molecule has 0 atom stereocenters. The van der Waals surface area contributed by atoms with Crippen molar-refractivity contribution in [1.29, 1.82) is 0 Å². The summed E-state index contributed by atoms with van der Waals surface area (Å²) in [6.45, 7) is 5.17. The zero-order valence-corrected chi connectivity index (χ0v) is 10.1. The van der Waals surface area contributed by atoms with E-state index in [2.05, 4.69) is 51.7 Å². The summed E-state index contributed by atoms with van der Waals surface area (Å²) in [6.07, 6.45) is 3.86. The van der Waals surface area contributed by atoms with Crippen molar-refractivity contribution in [2.75, 3.05) is 11.9 Å². The fourth-order valence-corrected chi connectivity index (χ4v) is 1.39. The van der Waals surface area contributed by atoms with Gasteiger partial charge in [-0.2, -0.15) is 0 Å². The number of halogens is 1. The summed E-state index contributed by atoms with van der Waals surface area (Å²) < 4.78 is 1.09. The van der Waals surface area contributed by atoms with Gasteiger partial charge in [-0.05, 0) is 29.0 Å². The Morgan fingerprint density at radius 2 is 2.23 bits per heavy atom. The predicted octanol–water partition coefficient (Wildman–Crippen LogP) is 2.47. The van der Waals surface area contributed by atoms with E-state index in [1.165, 1.54) is 0 Å². The minimum atomic E-state index is 0.887. The van der Waals surface area contributed by atoms with E-state index in [-0.39, 0.29) is 0 Å². The SMILES string of the molecule is CCCNc1nc(CC)ncc1I. The maximum absolute atomic E-state index is 4.40. The van der Waals surface area contributed by atoms with Crippen LogP contribution in [0.15, 0.2) is 6.20 Å². The van der Waals surface area contributed by atoms with Gasteiger partial charge in [0.25, 0.3) is 0 Å². The first-order valence-corrected chi connectivity index (χ1v) is 5.61. The summed E-state index contributed by atoms with van der Waals surface area (Å²) in [5, 5.41) is 3.28. The molecule has 0 aliphatic carbocycles. The van der Waals surface area contributed by atoms with Gasteiger partial charge in [-0.25, -0.2) is 9.97 Å². The van der Waals surface area contributed by atoms with Crippen LogP contribution in [0.4, 0.5) is 5.82 Å². The minimum Gasteiger partial charge on any atom is -0.369 e. The largest absolute Gasteiger partial charge is 0.369 e. The molecule has 0 fully saturated rings. The molecule has 0 aliphatic rings. The third-order valence-corrected chi connectivity index (χ3v) is 2.44. The van der Waals surface area contributed by atoms with Crippen LogP contribution >= 0.6 is 22.6 Å². The Morgan fingerprint density at radius 1 is 1.46 bits per heavy atom. The lowest BCUT2D eigenvalue weighted by Gasteiger charge is -2.06. The molecule has 0 aliphatic heterocycles. The Kier molecular flexibility index (Phi) is 4.41. The maximum atomic E-state index is 4.40. The van der Waals surface area contributed by atoms with Crippen molar-refractivity contribution in [3.05, 3.63) is 15.6 Å². The molecule has 0 saturated carbocycles. The first-order valence-electron chi connectivity index (χ1n) is 4.53. The first kappa shape index (κ1) is 10.7. The van der Waals surface area contributed by atoms with Gasteiger partial charge in [-0.15, -0.1) is 0 Å². The van der Waals surface area contributed by atoms with Crippen LogP contribution in [0.25, 0.3) is 0 Å². The summed E-state index contributed by atoms with van der Waals surface area (Å²) >= 11 is 2.25. The van der Waals surface area contributed by atoms with E-state index in [4.69, 9.17) is 0 Å². The minimum absolute atomic E-state index is 0.887. The van der Waals surface area contributed by atoms with E-state index in [9.17, 15) is 0 Å². The number of anilines is 1. The number of nitrogens with zero attached hydrogens (tertiary/aromatic N) is 2. The van der Waals surface area contributed by atoms with E-state index in [1.54, 1.807) is 0 Å². The third-order valence-electron chi connectivity index (χ3n) is 1.65. The van der Waals surface area contributed by atoms with Gasteiger partial charge >= 0.3 is 0 Å². The maximum Gasteiger partial charge on any atom is 0.143 e. The Labute approximate surface area is 92.5 Å². The van der Waals surface area contributed by atoms with Gasteiger partial charge in [0.1, 0.15) is 11.6 Å². The highest BCUT2D eigenvalue weighted by Gasteiger charge is 2.01. The number of nitrogens with one attached hydrogen (secondary N) is 1.